The second-order valence-electron chi connectivity index (χ2n) is 5.16. The van der Waals surface area contributed by atoms with Crippen molar-refractivity contribution in [3.8, 4) is 0 Å². The number of pyridine rings is 1. The fourth-order valence-electron chi connectivity index (χ4n) is 2.37. The molecule has 0 aliphatic rings. The quantitative estimate of drug-likeness (QED) is 0.823. The minimum Gasteiger partial charge on any atom is -0.310 e. The predicted octanol–water partition coefficient (Wildman–Crippen LogP) is 3.93. The van der Waals surface area contributed by atoms with Crippen molar-refractivity contribution >= 4 is 0 Å². The third-order valence-electron chi connectivity index (χ3n) is 3.62. The van der Waals surface area contributed by atoms with Gasteiger partial charge >= 0.3 is 0 Å². The lowest BCUT2D eigenvalue weighted by Crippen LogP contribution is -2.24. The van der Waals surface area contributed by atoms with Crippen LogP contribution in [0.1, 0.15) is 43.0 Å². The van der Waals surface area contributed by atoms with Crippen LogP contribution in [0.5, 0.6) is 0 Å². The second-order valence-corrected chi connectivity index (χ2v) is 5.16. The van der Waals surface area contributed by atoms with Gasteiger partial charge in [0.1, 0.15) is 0 Å². The van der Waals surface area contributed by atoms with Crippen molar-refractivity contribution in [2.75, 3.05) is 6.54 Å². The molecule has 1 aromatic heterocycles. The normalized spacial score (nSPS) is 12.3. The van der Waals surface area contributed by atoms with Gasteiger partial charge in [0.25, 0.3) is 0 Å². The Morgan fingerprint density at radius 2 is 1.60 bits per heavy atom. The predicted molar refractivity (Wildman–Crippen MR) is 84.8 cm³/mol. The summed E-state index contributed by atoms with van der Waals surface area (Å²) in [5, 5.41) is 3.64. The highest BCUT2D eigenvalue weighted by Gasteiger charge is 2.11. The number of aromatic nitrogens is 1. The molecular formula is C18H24N2. The summed E-state index contributed by atoms with van der Waals surface area (Å²) >= 11 is 0. The Morgan fingerprint density at radius 1 is 0.950 bits per heavy atom. The largest absolute Gasteiger partial charge is 0.310 e. The molecule has 0 aliphatic heterocycles. The molecule has 0 bridgehead atoms. The van der Waals surface area contributed by atoms with Crippen molar-refractivity contribution < 1.29 is 0 Å². The first kappa shape index (κ1) is 14.7. The molecule has 0 saturated heterocycles. The van der Waals surface area contributed by atoms with Crippen molar-refractivity contribution in [3.05, 3.63) is 65.5 Å². The summed E-state index contributed by atoms with van der Waals surface area (Å²) in [6.45, 7) is 5.43. The van der Waals surface area contributed by atoms with Crippen LogP contribution in [0, 0.1) is 0 Å². The molecule has 0 saturated carbocycles. The summed E-state index contributed by atoms with van der Waals surface area (Å²) < 4.78 is 0. The Kier molecular flexibility index (Phi) is 5.75. The third-order valence-corrected chi connectivity index (χ3v) is 3.62. The molecule has 0 aliphatic carbocycles. The Bertz CT molecular complexity index is 491. The van der Waals surface area contributed by atoms with E-state index in [4.69, 9.17) is 0 Å². The maximum absolute atomic E-state index is 4.11. The number of hydrogen-bond donors (Lipinski definition) is 1. The van der Waals surface area contributed by atoms with Crippen molar-refractivity contribution in [1.29, 1.82) is 0 Å². The van der Waals surface area contributed by atoms with Gasteiger partial charge in [-0.25, -0.2) is 0 Å². The van der Waals surface area contributed by atoms with E-state index < -0.39 is 0 Å². The van der Waals surface area contributed by atoms with Crippen molar-refractivity contribution in [2.24, 2.45) is 0 Å². The zero-order valence-electron chi connectivity index (χ0n) is 12.5. The minimum absolute atomic E-state index is 0.366. The molecular weight excluding hydrogens is 244 g/mol. The highest BCUT2D eigenvalue weighted by molar-refractivity contribution is 5.25. The van der Waals surface area contributed by atoms with Gasteiger partial charge in [-0.15, -0.1) is 0 Å². The van der Waals surface area contributed by atoms with Crippen molar-refractivity contribution in [3.63, 3.8) is 0 Å². The number of rotatable bonds is 7. The van der Waals surface area contributed by atoms with Gasteiger partial charge in [-0.1, -0.05) is 38.1 Å². The number of hydrogen-bond acceptors (Lipinski definition) is 2. The van der Waals surface area contributed by atoms with Crippen LogP contribution >= 0.6 is 0 Å². The minimum atomic E-state index is 0.366. The first-order valence-electron chi connectivity index (χ1n) is 7.54. The lowest BCUT2D eigenvalue weighted by Gasteiger charge is -2.19. The molecule has 2 aromatic rings. The second kappa shape index (κ2) is 7.81. The van der Waals surface area contributed by atoms with Crippen molar-refractivity contribution in [1.82, 2.24) is 10.3 Å². The van der Waals surface area contributed by atoms with Gasteiger partial charge < -0.3 is 5.32 Å². The molecule has 0 fully saturated rings. The molecule has 106 valence electrons. The number of benzene rings is 1. The Morgan fingerprint density at radius 3 is 2.20 bits per heavy atom. The smallest absolute Gasteiger partial charge is 0.0361 e. The first-order chi connectivity index (χ1) is 9.83. The molecule has 20 heavy (non-hydrogen) atoms. The van der Waals surface area contributed by atoms with Gasteiger partial charge in [0, 0.05) is 18.4 Å². The van der Waals surface area contributed by atoms with E-state index in [9.17, 15) is 0 Å². The van der Waals surface area contributed by atoms with E-state index in [-0.39, 0.29) is 0 Å². The van der Waals surface area contributed by atoms with Crippen LogP contribution < -0.4 is 5.32 Å². The van der Waals surface area contributed by atoms with Crippen LogP contribution in [0.4, 0.5) is 0 Å². The van der Waals surface area contributed by atoms with E-state index in [1.165, 1.54) is 16.7 Å². The van der Waals surface area contributed by atoms with E-state index in [0.29, 0.717) is 6.04 Å². The molecule has 1 N–H and O–H groups in total. The summed E-state index contributed by atoms with van der Waals surface area (Å²) in [5.41, 5.74) is 4.09. The van der Waals surface area contributed by atoms with Gasteiger partial charge in [-0.2, -0.15) is 0 Å². The van der Waals surface area contributed by atoms with Gasteiger partial charge in [0.2, 0.25) is 0 Å². The molecule has 2 heteroatoms. The molecule has 0 amide bonds. The number of nitrogens with zero attached hydrogens (tertiary/aromatic N) is 1. The zero-order valence-corrected chi connectivity index (χ0v) is 12.5. The molecule has 1 atom stereocenters. The van der Waals surface area contributed by atoms with Crippen LogP contribution in [-0.2, 0) is 12.8 Å². The molecule has 1 aromatic carbocycles. The van der Waals surface area contributed by atoms with E-state index in [2.05, 4.69) is 60.5 Å². The zero-order chi connectivity index (χ0) is 14.2. The van der Waals surface area contributed by atoms with Crippen LogP contribution in [0.2, 0.25) is 0 Å². The highest BCUT2D eigenvalue weighted by atomic mass is 14.9. The van der Waals surface area contributed by atoms with E-state index in [1.54, 1.807) is 0 Å². The topological polar surface area (TPSA) is 24.9 Å². The maximum Gasteiger partial charge on any atom is 0.0361 e. The van der Waals surface area contributed by atoms with Gasteiger partial charge in [0.05, 0.1) is 0 Å². The van der Waals surface area contributed by atoms with Crippen LogP contribution in [0.25, 0.3) is 0 Å². The summed E-state index contributed by atoms with van der Waals surface area (Å²) in [6.07, 6.45) is 7.01. The number of aryl methyl sites for hydroxylation is 1. The number of nitrogens with one attached hydrogen (secondary N) is 1. The first-order valence-corrected chi connectivity index (χ1v) is 7.54. The van der Waals surface area contributed by atoms with Gasteiger partial charge in [0.15, 0.2) is 0 Å². The van der Waals surface area contributed by atoms with E-state index in [1.807, 2.05) is 12.4 Å². The monoisotopic (exact) mass is 268 g/mol. The van der Waals surface area contributed by atoms with Gasteiger partial charge in [-0.05, 0) is 54.6 Å². The standard InChI is InChI=1S/C18H24N2/c1-3-11-20-18(17-9-12-19-13-10-17)14-16-7-5-15(4-2)6-8-16/h5-10,12-13,18,20H,3-4,11,14H2,1-2H3. The maximum atomic E-state index is 4.11. The van der Waals surface area contributed by atoms with Crippen LogP contribution in [0.3, 0.4) is 0 Å². The molecule has 0 spiro atoms. The van der Waals surface area contributed by atoms with Crippen molar-refractivity contribution in [2.45, 2.75) is 39.2 Å². The van der Waals surface area contributed by atoms with Gasteiger partial charge in [-0.3, -0.25) is 4.98 Å². The van der Waals surface area contributed by atoms with E-state index >= 15 is 0 Å². The fraction of sp³-hybridized carbons (Fsp3) is 0.389. The van der Waals surface area contributed by atoms with E-state index in [0.717, 1.165) is 25.8 Å². The summed E-state index contributed by atoms with van der Waals surface area (Å²) in [5.74, 6) is 0. The fourth-order valence-corrected chi connectivity index (χ4v) is 2.37. The summed E-state index contributed by atoms with van der Waals surface area (Å²) in [7, 11) is 0. The average molecular weight is 268 g/mol. The molecule has 1 unspecified atom stereocenters. The summed E-state index contributed by atoms with van der Waals surface area (Å²) in [4.78, 5) is 4.11. The third kappa shape index (κ3) is 4.17. The SMILES string of the molecule is CCCNC(Cc1ccc(CC)cc1)c1ccncc1. The Hall–Kier alpha value is -1.67. The molecule has 2 nitrogen and oxygen atoms in total. The summed E-state index contributed by atoms with van der Waals surface area (Å²) in [6, 6.07) is 13.5. The average Bonchev–Trinajstić information content (AvgIpc) is 2.53. The Labute approximate surface area is 122 Å². The van der Waals surface area contributed by atoms with Crippen LogP contribution in [0.15, 0.2) is 48.8 Å². The van der Waals surface area contributed by atoms with Crippen LogP contribution in [-0.4, -0.2) is 11.5 Å². The molecule has 0 radical (unpaired) electrons. The lowest BCUT2D eigenvalue weighted by molar-refractivity contribution is 0.529. The Balaban J connectivity index is 2.10. The molecule has 2 rings (SSSR count). The lowest BCUT2D eigenvalue weighted by atomic mass is 9.98. The highest BCUT2D eigenvalue weighted by Crippen LogP contribution is 2.18. The molecule has 1 heterocycles.